The molecule has 10 nitrogen and oxygen atoms in total. The van der Waals surface area contributed by atoms with E-state index >= 15 is 0 Å². The van der Waals surface area contributed by atoms with E-state index in [1.165, 1.54) is 10.4 Å². The molecule has 1 heterocycles. The summed E-state index contributed by atoms with van der Waals surface area (Å²) >= 11 is 0. The lowest BCUT2D eigenvalue weighted by atomic mass is 9.85. The third-order valence-electron chi connectivity index (χ3n) is 9.64. The van der Waals surface area contributed by atoms with E-state index in [9.17, 15) is 23.1 Å². The highest BCUT2D eigenvalue weighted by atomic mass is 32.2. The Hall–Kier alpha value is -4.16. The van der Waals surface area contributed by atoms with Crippen molar-refractivity contribution in [1.82, 2.24) is 25.2 Å². The summed E-state index contributed by atoms with van der Waals surface area (Å²) in [6, 6.07) is 25.5. The summed E-state index contributed by atoms with van der Waals surface area (Å²) in [4.78, 5) is 32.2. The second-order valence-electron chi connectivity index (χ2n) is 15.6. The van der Waals surface area contributed by atoms with Gasteiger partial charge in [-0.05, 0) is 72.9 Å². The molecule has 0 bridgehead atoms. The van der Waals surface area contributed by atoms with Crippen molar-refractivity contribution >= 4 is 32.7 Å². The molecule has 1 fully saturated rings. The average molecular weight is 728 g/mol. The van der Waals surface area contributed by atoms with Gasteiger partial charge < -0.3 is 15.7 Å². The molecule has 52 heavy (non-hydrogen) atoms. The molecule has 278 valence electrons. The number of aliphatic hydroxyl groups excluding tert-OH is 1. The maximum Gasteiger partial charge on any atom is 0.243 e. The summed E-state index contributed by atoms with van der Waals surface area (Å²) in [7, 11) is -4.04. The zero-order valence-corrected chi connectivity index (χ0v) is 31.9. The van der Waals surface area contributed by atoms with Crippen molar-refractivity contribution in [2.45, 2.75) is 95.5 Å². The van der Waals surface area contributed by atoms with Gasteiger partial charge in [0, 0.05) is 30.2 Å². The van der Waals surface area contributed by atoms with E-state index in [2.05, 4.69) is 33.1 Å². The van der Waals surface area contributed by atoms with Crippen LogP contribution in [-0.4, -0.2) is 71.9 Å². The molecule has 0 radical (unpaired) electrons. The largest absolute Gasteiger partial charge is 0.390 e. The Morgan fingerprint density at radius 2 is 1.52 bits per heavy atom. The van der Waals surface area contributed by atoms with Crippen LogP contribution in [-0.2, 0) is 31.6 Å². The number of pyridine rings is 1. The number of nitrogens with zero attached hydrogens (tertiary/aromatic N) is 2. The Balaban J connectivity index is 1.36. The van der Waals surface area contributed by atoms with Crippen LogP contribution < -0.4 is 16.0 Å². The highest BCUT2D eigenvalue weighted by Gasteiger charge is 2.46. The van der Waals surface area contributed by atoms with Crippen molar-refractivity contribution in [3.63, 3.8) is 0 Å². The normalized spacial score (nSPS) is 16.6. The predicted octanol–water partition coefficient (Wildman–Crippen LogP) is 5.17. The maximum absolute atomic E-state index is 14.2. The minimum absolute atomic E-state index is 0.0426. The molecule has 4 unspecified atom stereocenters. The van der Waals surface area contributed by atoms with Gasteiger partial charge in [-0.3, -0.25) is 19.9 Å². The zero-order valence-electron chi connectivity index (χ0n) is 31.0. The summed E-state index contributed by atoms with van der Waals surface area (Å²) < 4.78 is 29.5. The number of fused-ring (bicyclic) bond motifs is 1. The van der Waals surface area contributed by atoms with E-state index in [0.717, 1.165) is 24.0 Å². The van der Waals surface area contributed by atoms with Crippen LogP contribution >= 0.6 is 0 Å². The van der Waals surface area contributed by atoms with Gasteiger partial charge in [0.25, 0.3) is 0 Å². The van der Waals surface area contributed by atoms with Gasteiger partial charge in [0.1, 0.15) is 6.04 Å². The minimum atomic E-state index is -4.04. The standard InChI is InChI=1S/C41H53N5O5S/c1-28(2)26-46(52(50,51)33-19-20-34-31(25-33)16-13-23-42-34)27-36(47)35(24-30-14-9-7-10-15-30)43-39(49)37(40(4,5)6)44-38(48)29(3)45-41(21-22-41)32-17-11-8-12-18-32/h7-20,23,25,28-29,35-37,45,47H,21-22,24,26-27H2,1-6H3,(H,43,49)(H,44,48). The Morgan fingerprint density at radius 1 is 0.865 bits per heavy atom. The Labute approximate surface area is 308 Å². The van der Waals surface area contributed by atoms with Crippen molar-refractivity contribution in [2.75, 3.05) is 13.1 Å². The van der Waals surface area contributed by atoms with E-state index < -0.39 is 45.6 Å². The number of carbonyl (C=O) groups excluding carboxylic acids is 2. The van der Waals surface area contributed by atoms with E-state index in [-0.39, 0.29) is 41.8 Å². The molecule has 3 aromatic carbocycles. The van der Waals surface area contributed by atoms with Gasteiger partial charge >= 0.3 is 0 Å². The average Bonchev–Trinajstić information content (AvgIpc) is 3.90. The lowest BCUT2D eigenvalue weighted by Crippen LogP contribution is -2.60. The Kier molecular flexibility index (Phi) is 12.2. The number of aromatic nitrogens is 1. The fraction of sp³-hybridized carbons (Fsp3) is 0.439. The first kappa shape index (κ1) is 39.1. The monoisotopic (exact) mass is 727 g/mol. The van der Waals surface area contributed by atoms with Crippen LogP contribution in [0.4, 0.5) is 0 Å². The van der Waals surface area contributed by atoms with Crippen LogP contribution in [0.5, 0.6) is 0 Å². The van der Waals surface area contributed by atoms with Crippen LogP contribution in [0.2, 0.25) is 0 Å². The Bertz CT molecular complexity index is 1930. The SMILES string of the molecule is CC(C)CN(CC(O)C(Cc1ccccc1)NC(=O)C(NC(=O)C(C)NC1(c2ccccc2)CC1)C(C)(C)C)S(=O)(=O)c1ccc2ncccc2c1. The third kappa shape index (κ3) is 9.63. The van der Waals surface area contributed by atoms with Crippen LogP contribution in [0, 0.1) is 11.3 Å². The first-order valence-corrected chi connectivity index (χ1v) is 19.5. The minimum Gasteiger partial charge on any atom is -0.390 e. The predicted molar refractivity (Wildman–Crippen MR) is 205 cm³/mol. The molecule has 11 heteroatoms. The number of rotatable bonds is 16. The summed E-state index contributed by atoms with van der Waals surface area (Å²) in [5, 5.41) is 22.0. The first-order chi connectivity index (χ1) is 24.6. The fourth-order valence-corrected chi connectivity index (χ4v) is 8.27. The maximum atomic E-state index is 14.2. The number of nitrogens with one attached hydrogen (secondary N) is 3. The first-order valence-electron chi connectivity index (χ1n) is 18.1. The number of hydrogen-bond acceptors (Lipinski definition) is 7. The van der Waals surface area contributed by atoms with E-state index in [1.807, 2.05) is 89.2 Å². The highest BCUT2D eigenvalue weighted by Crippen LogP contribution is 2.45. The molecule has 5 rings (SSSR count). The van der Waals surface area contributed by atoms with Gasteiger partial charge in [-0.2, -0.15) is 4.31 Å². The molecule has 1 saturated carbocycles. The van der Waals surface area contributed by atoms with Crippen molar-refractivity contribution < 1.29 is 23.1 Å². The zero-order chi connectivity index (χ0) is 37.7. The van der Waals surface area contributed by atoms with E-state index in [4.69, 9.17) is 0 Å². The number of benzene rings is 3. The smallest absolute Gasteiger partial charge is 0.243 e. The number of aliphatic hydroxyl groups is 1. The van der Waals surface area contributed by atoms with Crippen LogP contribution in [0.15, 0.2) is 102 Å². The van der Waals surface area contributed by atoms with Crippen molar-refractivity contribution in [3.8, 4) is 0 Å². The molecular formula is C41H53N5O5S. The molecule has 4 aromatic rings. The van der Waals surface area contributed by atoms with Gasteiger partial charge in [-0.25, -0.2) is 8.42 Å². The van der Waals surface area contributed by atoms with Gasteiger partial charge in [0.05, 0.1) is 28.6 Å². The lowest BCUT2D eigenvalue weighted by Gasteiger charge is -2.35. The van der Waals surface area contributed by atoms with Gasteiger partial charge in [0.2, 0.25) is 21.8 Å². The van der Waals surface area contributed by atoms with Crippen molar-refractivity contribution in [3.05, 3.63) is 108 Å². The fourth-order valence-electron chi connectivity index (χ4n) is 6.62. The number of sulfonamides is 1. The molecule has 4 N–H and O–H groups in total. The summed E-state index contributed by atoms with van der Waals surface area (Å²) in [6.45, 7) is 11.2. The van der Waals surface area contributed by atoms with E-state index in [1.54, 1.807) is 31.3 Å². The summed E-state index contributed by atoms with van der Waals surface area (Å²) in [5.41, 5.74) is 1.71. The second-order valence-corrected chi connectivity index (χ2v) is 17.5. The quantitative estimate of drug-likeness (QED) is 0.125. The van der Waals surface area contributed by atoms with Gasteiger partial charge in [-0.1, -0.05) is 101 Å². The molecule has 2 amide bonds. The van der Waals surface area contributed by atoms with Gasteiger partial charge in [-0.15, -0.1) is 0 Å². The molecule has 0 spiro atoms. The second kappa shape index (κ2) is 16.2. The summed E-state index contributed by atoms with van der Waals surface area (Å²) in [6.07, 6.45) is 2.45. The molecule has 4 atom stereocenters. The molecule has 0 saturated heterocycles. The van der Waals surface area contributed by atoms with Crippen molar-refractivity contribution in [2.24, 2.45) is 11.3 Å². The molecule has 1 aromatic heterocycles. The lowest BCUT2D eigenvalue weighted by molar-refractivity contribution is -0.133. The van der Waals surface area contributed by atoms with Gasteiger partial charge in [0.15, 0.2) is 0 Å². The van der Waals surface area contributed by atoms with Crippen LogP contribution in [0.1, 0.15) is 65.5 Å². The number of carbonyl (C=O) groups is 2. The molecular weight excluding hydrogens is 675 g/mol. The highest BCUT2D eigenvalue weighted by molar-refractivity contribution is 7.89. The van der Waals surface area contributed by atoms with Crippen LogP contribution in [0.3, 0.4) is 0 Å². The number of hydrogen-bond donors (Lipinski definition) is 4. The molecule has 0 aliphatic heterocycles. The van der Waals surface area contributed by atoms with Crippen molar-refractivity contribution in [1.29, 1.82) is 0 Å². The Morgan fingerprint density at radius 3 is 2.13 bits per heavy atom. The molecule has 1 aliphatic rings. The number of amides is 2. The molecule has 1 aliphatic carbocycles. The third-order valence-corrected chi connectivity index (χ3v) is 11.5. The van der Waals surface area contributed by atoms with E-state index in [0.29, 0.717) is 10.9 Å². The summed E-state index contributed by atoms with van der Waals surface area (Å²) in [5.74, 6) is -0.811. The topological polar surface area (TPSA) is 141 Å². The van der Waals surface area contributed by atoms with Crippen LogP contribution in [0.25, 0.3) is 10.9 Å².